The number of alkyl halides is 2. The van der Waals surface area contributed by atoms with Gasteiger partial charge in [-0.25, -0.2) is 8.78 Å². The summed E-state index contributed by atoms with van der Waals surface area (Å²) in [7, 11) is 0. The van der Waals surface area contributed by atoms with Crippen LogP contribution in [0.4, 0.5) is 8.78 Å². The number of rotatable bonds is 1. The van der Waals surface area contributed by atoms with E-state index in [0.29, 0.717) is 13.0 Å². The zero-order valence-electron chi connectivity index (χ0n) is 3.73. The Balaban J connectivity index is 2.14. The molecule has 1 aliphatic rings. The van der Waals surface area contributed by atoms with Gasteiger partial charge in [0.2, 0.25) is 0 Å². The van der Waals surface area contributed by atoms with Crippen molar-refractivity contribution >= 4 is 0 Å². The first-order chi connectivity index (χ1) is 3.30. The average Bonchev–Trinajstić information content (AvgIpc) is 1.23. The van der Waals surface area contributed by atoms with Gasteiger partial charge in [-0.15, -0.1) is 0 Å². The number of ether oxygens (including phenoxy) is 1. The molecule has 7 heavy (non-hydrogen) atoms. The van der Waals surface area contributed by atoms with Crippen LogP contribution in [0.2, 0.25) is 0 Å². The lowest BCUT2D eigenvalue weighted by Crippen LogP contribution is -2.33. The van der Waals surface area contributed by atoms with E-state index in [2.05, 4.69) is 4.74 Å². The fourth-order valence-electron chi connectivity index (χ4n) is 0.453. The molecule has 0 aromatic carbocycles. The van der Waals surface area contributed by atoms with Gasteiger partial charge in [0.05, 0.1) is 0 Å². The van der Waals surface area contributed by atoms with E-state index in [1.54, 1.807) is 0 Å². The molecule has 0 spiro atoms. The van der Waals surface area contributed by atoms with Gasteiger partial charge in [-0.2, -0.15) is 0 Å². The van der Waals surface area contributed by atoms with Crippen LogP contribution in [-0.2, 0) is 4.74 Å². The molecule has 42 valence electrons. The highest BCUT2D eigenvalue weighted by atomic mass is 19.3. The predicted molar refractivity (Wildman–Crippen MR) is 20.4 cm³/mol. The van der Waals surface area contributed by atoms with Crippen LogP contribution < -0.4 is 0 Å². The van der Waals surface area contributed by atoms with E-state index < -0.39 is 12.5 Å². The summed E-state index contributed by atoms with van der Waals surface area (Å²) in [6.07, 6.45) is -2.49. The van der Waals surface area contributed by atoms with Gasteiger partial charge in [0, 0.05) is 13.0 Å². The van der Waals surface area contributed by atoms with Crippen LogP contribution >= 0.6 is 0 Å². The molecular weight excluding hydrogens is 102 g/mol. The molecule has 0 N–H and O–H groups in total. The first kappa shape index (κ1) is 4.97. The maximum Gasteiger partial charge on any atom is 0.264 e. The van der Waals surface area contributed by atoms with Gasteiger partial charge >= 0.3 is 0 Å². The molecule has 0 aromatic rings. The molecule has 1 atom stereocenters. The van der Waals surface area contributed by atoms with Gasteiger partial charge < -0.3 is 4.74 Å². The molecule has 3 heteroatoms. The number of halogens is 2. The Bertz CT molecular complexity index is 60.7. The van der Waals surface area contributed by atoms with E-state index >= 15 is 0 Å². The molecule has 1 heterocycles. The molecule has 1 rings (SSSR count). The van der Waals surface area contributed by atoms with Crippen LogP contribution in [0.1, 0.15) is 6.42 Å². The molecule has 0 aliphatic carbocycles. The molecule has 0 aromatic heterocycles. The highest BCUT2D eigenvalue weighted by molar-refractivity contribution is 4.67. The van der Waals surface area contributed by atoms with E-state index in [1.165, 1.54) is 0 Å². The highest BCUT2D eigenvalue weighted by Gasteiger charge is 2.27. The first-order valence-electron chi connectivity index (χ1n) is 2.20. The van der Waals surface area contributed by atoms with Crippen molar-refractivity contribution in [3.05, 3.63) is 0 Å². The zero-order valence-corrected chi connectivity index (χ0v) is 3.73. The normalized spacial score (nSPS) is 30.4. The van der Waals surface area contributed by atoms with Crippen LogP contribution in [0.15, 0.2) is 0 Å². The van der Waals surface area contributed by atoms with Crippen LogP contribution in [0, 0.1) is 0 Å². The van der Waals surface area contributed by atoms with E-state index in [4.69, 9.17) is 0 Å². The zero-order chi connectivity index (χ0) is 5.28. The van der Waals surface area contributed by atoms with Crippen molar-refractivity contribution in [3.63, 3.8) is 0 Å². The topological polar surface area (TPSA) is 9.23 Å². The summed E-state index contributed by atoms with van der Waals surface area (Å²) in [5.74, 6) is 0. The lowest BCUT2D eigenvalue weighted by molar-refractivity contribution is -0.130. The second-order valence-electron chi connectivity index (χ2n) is 1.53. The van der Waals surface area contributed by atoms with Gasteiger partial charge in [0.25, 0.3) is 6.43 Å². The Kier molecular flexibility index (Phi) is 1.23. The van der Waals surface area contributed by atoms with Crippen molar-refractivity contribution in [1.29, 1.82) is 0 Å². The Morgan fingerprint density at radius 3 is 2.14 bits per heavy atom. The second kappa shape index (κ2) is 1.74. The summed E-state index contributed by atoms with van der Waals surface area (Å²) < 4.78 is 27.2. The fourth-order valence-corrected chi connectivity index (χ4v) is 0.453. The Labute approximate surface area is 40.3 Å². The van der Waals surface area contributed by atoms with Crippen molar-refractivity contribution in [3.8, 4) is 0 Å². The largest absolute Gasteiger partial charge is 0.372 e. The molecular formula is C4H6F2O. The lowest BCUT2D eigenvalue weighted by Gasteiger charge is -2.24. The Morgan fingerprint density at radius 2 is 2.14 bits per heavy atom. The molecule has 0 radical (unpaired) electrons. The maximum absolute atomic E-state index is 11.4. The van der Waals surface area contributed by atoms with Crippen molar-refractivity contribution in [2.24, 2.45) is 0 Å². The third kappa shape index (κ3) is 0.881. The lowest BCUT2D eigenvalue weighted by atomic mass is 10.2. The summed E-state index contributed by atoms with van der Waals surface area (Å²) in [6, 6.07) is 0. The maximum atomic E-state index is 11.4. The quantitative estimate of drug-likeness (QED) is 0.487. The molecule has 1 saturated heterocycles. The van der Waals surface area contributed by atoms with Crippen molar-refractivity contribution in [2.75, 3.05) is 6.61 Å². The third-order valence-corrected chi connectivity index (χ3v) is 1.02. The molecule has 1 nitrogen and oxygen atoms in total. The number of hydrogen-bond donors (Lipinski definition) is 0. The van der Waals surface area contributed by atoms with Crippen LogP contribution in [-0.4, -0.2) is 19.1 Å². The molecule has 1 fully saturated rings. The van der Waals surface area contributed by atoms with Crippen LogP contribution in [0.5, 0.6) is 0 Å². The minimum absolute atomic E-state index is 0.509. The summed E-state index contributed by atoms with van der Waals surface area (Å²) in [5, 5.41) is 0. The van der Waals surface area contributed by atoms with Gasteiger partial charge in [-0.3, -0.25) is 0 Å². The van der Waals surface area contributed by atoms with Crippen LogP contribution in [0.3, 0.4) is 0 Å². The van der Waals surface area contributed by atoms with Crippen molar-refractivity contribution < 1.29 is 13.5 Å². The van der Waals surface area contributed by atoms with Gasteiger partial charge in [0.15, 0.2) is 0 Å². The summed E-state index contributed by atoms with van der Waals surface area (Å²) in [5.41, 5.74) is 0. The monoisotopic (exact) mass is 108 g/mol. The van der Waals surface area contributed by atoms with Crippen LogP contribution in [0.25, 0.3) is 0 Å². The Morgan fingerprint density at radius 1 is 1.57 bits per heavy atom. The van der Waals surface area contributed by atoms with E-state index in [0.717, 1.165) is 0 Å². The van der Waals surface area contributed by atoms with Crippen molar-refractivity contribution in [2.45, 2.75) is 19.0 Å². The minimum atomic E-state index is -2.27. The molecule has 1 unspecified atom stereocenters. The minimum Gasteiger partial charge on any atom is -0.372 e. The van der Waals surface area contributed by atoms with Gasteiger partial charge in [-0.1, -0.05) is 0 Å². The summed E-state index contributed by atoms with van der Waals surface area (Å²) in [6.45, 7) is 0.509. The molecule has 1 aliphatic heterocycles. The van der Waals surface area contributed by atoms with Crippen molar-refractivity contribution in [1.82, 2.24) is 0 Å². The van der Waals surface area contributed by atoms with Gasteiger partial charge in [0.1, 0.15) is 6.10 Å². The first-order valence-corrected chi connectivity index (χ1v) is 2.20. The average molecular weight is 108 g/mol. The number of hydrogen-bond acceptors (Lipinski definition) is 1. The Hall–Kier alpha value is -0.180. The van der Waals surface area contributed by atoms with E-state index in [-0.39, 0.29) is 0 Å². The predicted octanol–water partition coefficient (Wildman–Crippen LogP) is 1.04. The molecule has 0 saturated carbocycles. The third-order valence-electron chi connectivity index (χ3n) is 1.02. The summed E-state index contributed by atoms with van der Waals surface area (Å²) in [4.78, 5) is 0. The standard InChI is InChI=1S/C4H6F2O/c5-4(6)3-1-2-7-3/h3-4H,1-2H2. The second-order valence-corrected chi connectivity index (χ2v) is 1.53. The van der Waals surface area contributed by atoms with Gasteiger partial charge in [-0.05, 0) is 0 Å². The smallest absolute Gasteiger partial charge is 0.264 e. The van der Waals surface area contributed by atoms with E-state index in [1.807, 2.05) is 0 Å². The highest BCUT2D eigenvalue weighted by Crippen LogP contribution is 2.17. The SMILES string of the molecule is FC(F)C1CCO1. The molecule has 0 bridgehead atoms. The summed E-state index contributed by atoms with van der Waals surface area (Å²) >= 11 is 0. The molecule has 0 amide bonds. The fraction of sp³-hybridized carbons (Fsp3) is 1.00. The van der Waals surface area contributed by atoms with E-state index in [9.17, 15) is 8.78 Å².